The molecule has 1 aromatic heterocycles. The van der Waals surface area contributed by atoms with Crippen molar-refractivity contribution in [2.45, 2.75) is 39.3 Å². The molecule has 0 spiro atoms. The maximum absolute atomic E-state index is 15.0. The number of carbonyl (C=O) groups excluding carboxylic acids is 2. The average Bonchev–Trinajstić information content (AvgIpc) is 3.60. The maximum Gasteiger partial charge on any atom is 0.416 e. The molecule has 5 rings (SSSR count). The van der Waals surface area contributed by atoms with Crippen LogP contribution in [0, 0.1) is 12.7 Å². The molecular formula is C30H26F4N6O2S. The number of benzene rings is 3. The molecule has 1 aliphatic heterocycles. The smallest absolute Gasteiger partial charge is 0.303 e. The lowest BCUT2D eigenvalue weighted by Crippen LogP contribution is -2.31. The highest BCUT2D eigenvalue weighted by atomic mass is 32.2. The first-order chi connectivity index (χ1) is 20.4. The lowest BCUT2D eigenvalue weighted by Gasteiger charge is -2.23. The molecule has 1 unspecified atom stereocenters. The van der Waals surface area contributed by atoms with E-state index < -0.39 is 23.6 Å². The van der Waals surface area contributed by atoms with Crippen LogP contribution in [-0.4, -0.2) is 37.6 Å². The number of aryl methyl sites for hydroxylation is 1. The Kier molecular flexibility index (Phi) is 8.36. The van der Waals surface area contributed by atoms with E-state index in [1.165, 1.54) is 40.2 Å². The van der Waals surface area contributed by atoms with Crippen LogP contribution in [0.3, 0.4) is 0 Å². The van der Waals surface area contributed by atoms with Gasteiger partial charge in [-0.2, -0.15) is 18.2 Å². The molecule has 4 aromatic rings. The minimum Gasteiger partial charge on any atom is -0.303 e. The van der Waals surface area contributed by atoms with Gasteiger partial charge in [-0.3, -0.25) is 9.69 Å². The van der Waals surface area contributed by atoms with Crippen molar-refractivity contribution in [1.82, 2.24) is 14.8 Å². The Morgan fingerprint density at radius 1 is 1.12 bits per heavy atom. The molecule has 1 saturated heterocycles. The molecule has 1 N–H and O–H groups in total. The summed E-state index contributed by atoms with van der Waals surface area (Å²) < 4.78 is 54.8. The molecule has 3 aromatic carbocycles. The zero-order valence-corrected chi connectivity index (χ0v) is 24.1. The summed E-state index contributed by atoms with van der Waals surface area (Å²) in [6.45, 7) is 6.03. The minimum absolute atomic E-state index is 0.120. The molecule has 13 heteroatoms. The van der Waals surface area contributed by atoms with Gasteiger partial charge in [0.1, 0.15) is 12.1 Å². The van der Waals surface area contributed by atoms with Crippen molar-refractivity contribution in [2.24, 2.45) is 4.99 Å². The second kappa shape index (κ2) is 12.0. The predicted octanol–water partition coefficient (Wildman–Crippen LogP) is 7.58. The van der Waals surface area contributed by atoms with E-state index in [-0.39, 0.29) is 39.8 Å². The van der Waals surface area contributed by atoms with E-state index in [1.54, 1.807) is 0 Å². The number of carbonyl (C=O) groups is 2. The molecule has 1 fully saturated rings. The number of amidine groups is 1. The van der Waals surface area contributed by atoms with Crippen LogP contribution in [0.2, 0.25) is 0 Å². The van der Waals surface area contributed by atoms with Gasteiger partial charge in [0.15, 0.2) is 11.0 Å². The van der Waals surface area contributed by atoms with Crippen molar-refractivity contribution in [3.8, 4) is 17.1 Å². The van der Waals surface area contributed by atoms with Gasteiger partial charge >= 0.3 is 12.2 Å². The summed E-state index contributed by atoms with van der Waals surface area (Å²) in [4.78, 5) is 35.3. The Morgan fingerprint density at radius 2 is 1.86 bits per heavy atom. The number of hydrogen-bond donors (Lipinski definition) is 1. The number of nitrogens with zero attached hydrogens (tertiary/aromatic N) is 5. The Morgan fingerprint density at radius 3 is 2.53 bits per heavy atom. The van der Waals surface area contributed by atoms with Gasteiger partial charge in [-0.1, -0.05) is 37.7 Å². The molecule has 0 bridgehead atoms. The van der Waals surface area contributed by atoms with E-state index in [1.807, 2.05) is 25.1 Å². The molecule has 0 aliphatic carbocycles. The summed E-state index contributed by atoms with van der Waals surface area (Å²) in [6.07, 6.45) is -2.30. The molecule has 1 atom stereocenters. The van der Waals surface area contributed by atoms with Gasteiger partial charge in [0.25, 0.3) is 0 Å². The highest BCUT2D eigenvalue weighted by molar-refractivity contribution is 8.15. The van der Waals surface area contributed by atoms with Crippen molar-refractivity contribution in [1.29, 1.82) is 0 Å². The summed E-state index contributed by atoms with van der Waals surface area (Å²) in [5, 5.41) is 6.85. The van der Waals surface area contributed by atoms with Crippen LogP contribution in [0.1, 0.15) is 42.9 Å². The number of amides is 3. The Hall–Kier alpha value is -4.52. The fraction of sp³-hybridized carbons (Fsp3) is 0.233. The summed E-state index contributed by atoms with van der Waals surface area (Å²) in [5.41, 5.74) is 2.29. The molecule has 222 valence electrons. The third-order valence-electron chi connectivity index (χ3n) is 6.95. The normalized spacial score (nSPS) is 15.3. The third kappa shape index (κ3) is 6.46. The van der Waals surface area contributed by atoms with E-state index in [9.17, 15) is 22.8 Å². The Bertz CT molecular complexity index is 1720. The number of aromatic nitrogens is 3. The monoisotopic (exact) mass is 610 g/mol. The van der Waals surface area contributed by atoms with Crippen LogP contribution in [0.15, 0.2) is 72.0 Å². The standard InChI is InChI=1S/C30H26F4N6O2S/c1-4-18(3)22-11-5-17(2)13-25(22)40-26(41)15-43-29(40)37-28(42)36-24-12-6-19(14-23(24)31)27-35-16-39(38-27)21-9-7-20(8-10-21)30(32,33)34/h5-14,16,18H,4,15H2,1-3H3,(H,36,42). The number of thioether (sulfide) groups is 1. The van der Waals surface area contributed by atoms with Gasteiger partial charge in [-0.25, -0.2) is 18.9 Å². The van der Waals surface area contributed by atoms with Gasteiger partial charge in [0.05, 0.1) is 28.4 Å². The Labute approximate surface area is 248 Å². The van der Waals surface area contributed by atoms with E-state index in [4.69, 9.17) is 0 Å². The van der Waals surface area contributed by atoms with Crippen LogP contribution in [0.25, 0.3) is 17.1 Å². The number of urea groups is 1. The number of halogens is 4. The second-order valence-electron chi connectivity index (χ2n) is 9.97. The number of nitrogens with one attached hydrogen (secondary N) is 1. The number of rotatable bonds is 6. The molecular weight excluding hydrogens is 584 g/mol. The van der Waals surface area contributed by atoms with E-state index in [0.29, 0.717) is 11.4 Å². The largest absolute Gasteiger partial charge is 0.416 e. The fourth-order valence-corrected chi connectivity index (χ4v) is 5.33. The van der Waals surface area contributed by atoms with Crippen LogP contribution in [0.5, 0.6) is 0 Å². The number of anilines is 2. The summed E-state index contributed by atoms with van der Waals surface area (Å²) in [7, 11) is 0. The zero-order chi connectivity index (χ0) is 30.9. The lowest BCUT2D eigenvalue weighted by atomic mass is 9.95. The summed E-state index contributed by atoms with van der Waals surface area (Å²) >= 11 is 1.13. The lowest BCUT2D eigenvalue weighted by molar-refractivity contribution is -0.137. The zero-order valence-electron chi connectivity index (χ0n) is 23.3. The van der Waals surface area contributed by atoms with Gasteiger partial charge in [-0.05, 0) is 78.9 Å². The van der Waals surface area contributed by atoms with Crippen molar-refractivity contribution in [2.75, 3.05) is 16.0 Å². The van der Waals surface area contributed by atoms with Crippen LogP contribution >= 0.6 is 11.8 Å². The van der Waals surface area contributed by atoms with Crippen molar-refractivity contribution < 1.29 is 27.2 Å². The number of hydrogen-bond acceptors (Lipinski definition) is 5. The molecule has 2 heterocycles. The topological polar surface area (TPSA) is 92.5 Å². The predicted molar refractivity (Wildman–Crippen MR) is 158 cm³/mol. The number of alkyl halides is 3. The molecule has 43 heavy (non-hydrogen) atoms. The summed E-state index contributed by atoms with van der Waals surface area (Å²) in [6, 6.07) is 13.3. The van der Waals surface area contributed by atoms with Gasteiger partial charge in [0, 0.05) is 5.56 Å². The first-order valence-corrected chi connectivity index (χ1v) is 14.3. The SMILES string of the molecule is CCC(C)c1ccc(C)cc1N1C(=O)CSC1=NC(=O)Nc1ccc(-c2ncn(-c3ccc(C(F)(F)F)cc3)n2)cc1F. The Balaban J connectivity index is 1.33. The van der Waals surface area contributed by atoms with Crippen LogP contribution < -0.4 is 10.2 Å². The summed E-state index contributed by atoms with van der Waals surface area (Å²) in [5.74, 6) is -0.557. The van der Waals surface area contributed by atoms with Crippen molar-refractivity contribution in [3.05, 3.63) is 89.5 Å². The molecule has 8 nitrogen and oxygen atoms in total. The van der Waals surface area contributed by atoms with Crippen LogP contribution in [0.4, 0.5) is 33.7 Å². The van der Waals surface area contributed by atoms with E-state index in [0.717, 1.165) is 47.5 Å². The molecule has 1 aliphatic rings. The average molecular weight is 611 g/mol. The highest BCUT2D eigenvalue weighted by Crippen LogP contribution is 2.35. The fourth-order valence-electron chi connectivity index (χ4n) is 4.47. The quantitative estimate of drug-likeness (QED) is 0.227. The van der Waals surface area contributed by atoms with E-state index in [2.05, 4.69) is 34.2 Å². The van der Waals surface area contributed by atoms with E-state index >= 15 is 4.39 Å². The first-order valence-electron chi connectivity index (χ1n) is 13.3. The number of aliphatic imine (C=N–C) groups is 1. The molecule has 3 amide bonds. The second-order valence-corrected chi connectivity index (χ2v) is 10.9. The molecule has 0 saturated carbocycles. The van der Waals surface area contributed by atoms with Crippen molar-refractivity contribution in [3.63, 3.8) is 0 Å². The van der Waals surface area contributed by atoms with Gasteiger partial charge in [-0.15, -0.1) is 5.10 Å². The van der Waals surface area contributed by atoms with Gasteiger partial charge in [0.2, 0.25) is 5.91 Å². The highest BCUT2D eigenvalue weighted by Gasteiger charge is 2.33. The molecule has 0 radical (unpaired) electrons. The van der Waals surface area contributed by atoms with Crippen molar-refractivity contribution >= 4 is 40.2 Å². The maximum atomic E-state index is 15.0. The van der Waals surface area contributed by atoms with Gasteiger partial charge < -0.3 is 5.32 Å². The van der Waals surface area contributed by atoms with Crippen LogP contribution in [-0.2, 0) is 11.0 Å². The minimum atomic E-state index is -4.46. The first kappa shape index (κ1) is 30.0. The third-order valence-corrected chi connectivity index (χ3v) is 7.88.